The van der Waals surface area contributed by atoms with Gasteiger partial charge in [-0.05, 0) is 55.8 Å². The standard InChI is InChI=1S/C25H22N6O/c1-16-23-20(24-28-27-22-9-6-14-30(22)24)15-21(17-10-12-19(32-2)13-11-17)26-25(23)31(29-16)18-7-4-3-5-8-18/h3-5,7-8,10-13,15H,6,9,14H2,1-2H3. The lowest BCUT2D eigenvalue weighted by Gasteiger charge is -2.10. The molecule has 7 heteroatoms. The van der Waals surface area contributed by atoms with Gasteiger partial charge in [0.25, 0.3) is 0 Å². The minimum absolute atomic E-state index is 0.812. The van der Waals surface area contributed by atoms with Crippen LogP contribution in [0.3, 0.4) is 0 Å². The number of pyridine rings is 1. The number of methoxy groups -OCH3 is 1. The summed E-state index contributed by atoms with van der Waals surface area (Å²) in [6.45, 7) is 2.96. The van der Waals surface area contributed by atoms with E-state index in [2.05, 4.69) is 20.8 Å². The molecule has 2 aromatic carbocycles. The van der Waals surface area contributed by atoms with Crippen molar-refractivity contribution in [1.82, 2.24) is 29.5 Å². The van der Waals surface area contributed by atoms with E-state index in [1.807, 2.05) is 66.2 Å². The molecule has 0 spiro atoms. The van der Waals surface area contributed by atoms with Crippen molar-refractivity contribution in [2.45, 2.75) is 26.3 Å². The van der Waals surface area contributed by atoms with Gasteiger partial charge in [0, 0.05) is 24.1 Å². The predicted octanol–water partition coefficient (Wildman–Crippen LogP) is 4.61. The average Bonchev–Trinajstić information content (AvgIpc) is 3.54. The third kappa shape index (κ3) is 2.89. The Morgan fingerprint density at radius 3 is 2.56 bits per heavy atom. The van der Waals surface area contributed by atoms with E-state index in [-0.39, 0.29) is 0 Å². The third-order valence-corrected chi connectivity index (χ3v) is 6.05. The Morgan fingerprint density at radius 1 is 0.969 bits per heavy atom. The van der Waals surface area contributed by atoms with Crippen LogP contribution < -0.4 is 4.74 Å². The van der Waals surface area contributed by atoms with Crippen LogP contribution in [0.1, 0.15) is 17.9 Å². The molecule has 7 nitrogen and oxygen atoms in total. The first-order chi connectivity index (χ1) is 15.7. The van der Waals surface area contributed by atoms with Gasteiger partial charge in [-0.15, -0.1) is 10.2 Å². The minimum atomic E-state index is 0.812. The number of para-hydroxylation sites is 1. The van der Waals surface area contributed by atoms with Gasteiger partial charge in [0.1, 0.15) is 11.6 Å². The zero-order chi connectivity index (χ0) is 21.7. The molecule has 1 aliphatic rings. The van der Waals surface area contributed by atoms with E-state index in [0.717, 1.165) is 76.0 Å². The number of ether oxygens (including phenoxy) is 1. The molecule has 0 saturated carbocycles. The molecule has 0 amide bonds. The van der Waals surface area contributed by atoms with Gasteiger partial charge in [-0.1, -0.05) is 18.2 Å². The summed E-state index contributed by atoms with van der Waals surface area (Å²) in [5.74, 6) is 2.75. The molecule has 0 bridgehead atoms. The summed E-state index contributed by atoms with van der Waals surface area (Å²) in [6.07, 6.45) is 2.06. The molecule has 0 atom stereocenters. The third-order valence-electron chi connectivity index (χ3n) is 6.05. The Kier molecular flexibility index (Phi) is 4.28. The molecule has 6 rings (SSSR count). The molecule has 0 N–H and O–H groups in total. The lowest BCUT2D eigenvalue weighted by Crippen LogP contribution is -2.01. The van der Waals surface area contributed by atoms with Crippen LogP contribution in [0.2, 0.25) is 0 Å². The summed E-state index contributed by atoms with van der Waals surface area (Å²) < 4.78 is 9.48. The number of benzene rings is 2. The van der Waals surface area contributed by atoms with Gasteiger partial charge in [-0.25, -0.2) is 9.67 Å². The molecule has 0 fully saturated rings. The van der Waals surface area contributed by atoms with E-state index >= 15 is 0 Å². The highest BCUT2D eigenvalue weighted by atomic mass is 16.5. The molecular weight excluding hydrogens is 400 g/mol. The quantitative estimate of drug-likeness (QED) is 0.423. The van der Waals surface area contributed by atoms with Crippen LogP contribution in [0.15, 0.2) is 60.7 Å². The smallest absolute Gasteiger partial charge is 0.164 e. The van der Waals surface area contributed by atoms with Crippen molar-refractivity contribution < 1.29 is 4.74 Å². The molecule has 0 unspecified atom stereocenters. The highest BCUT2D eigenvalue weighted by molar-refractivity contribution is 5.96. The largest absolute Gasteiger partial charge is 0.497 e. The zero-order valence-electron chi connectivity index (χ0n) is 18.0. The number of hydrogen-bond acceptors (Lipinski definition) is 5. The molecule has 4 heterocycles. The van der Waals surface area contributed by atoms with Crippen molar-refractivity contribution in [3.63, 3.8) is 0 Å². The van der Waals surface area contributed by atoms with E-state index in [1.54, 1.807) is 7.11 Å². The number of aryl methyl sites for hydroxylation is 2. The fourth-order valence-electron chi connectivity index (χ4n) is 4.47. The van der Waals surface area contributed by atoms with E-state index in [1.165, 1.54) is 0 Å². The fraction of sp³-hybridized carbons (Fsp3) is 0.200. The molecule has 32 heavy (non-hydrogen) atoms. The first-order valence-corrected chi connectivity index (χ1v) is 10.8. The maximum atomic E-state index is 5.33. The average molecular weight is 422 g/mol. The van der Waals surface area contributed by atoms with Gasteiger partial charge in [0.15, 0.2) is 11.5 Å². The Hall–Kier alpha value is -4.00. The van der Waals surface area contributed by atoms with Crippen molar-refractivity contribution >= 4 is 11.0 Å². The molecule has 0 saturated heterocycles. The topological polar surface area (TPSA) is 70.7 Å². The van der Waals surface area contributed by atoms with Gasteiger partial charge in [0.2, 0.25) is 0 Å². The highest BCUT2D eigenvalue weighted by Gasteiger charge is 2.24. The normalized spacial score (nSPS) is 12.9. The number of hydrogen-bond donors (Lipinski definition) is 0. The summed E-state index contributed by atoms with van der Waals surface area (Å²) >= 11 is 0. The number of rotatable bonds is 4. The van der Waals surface area contributed by atoms with Crippen molar-refractivity contribution in [3.05, 3.63) is 72.2 Å². The van der Waals surface area contributed by atoms with E-state index in [0.29, 0.717) is 0 Å². The van der Waals surface area contributed by atoms with Crippen LogP contribution in [0.4, 0.5) is 0 Å². The van der Waals surface area contributed by atoms with Gasteiger partial charge < -0.3 is 9.30 Å². The van der Waals surface area contributed by atoms with Gasteiger partial charge in [0.05, 0.1) is 29.6 Å². The van der Waals surface area contributed by atoms with Crippen LogP contribution in [-0.2, 0) is 13.0 Å². The van der Waals surface area contributed by atoms with Gasteiger partial charge in [-0.3, -0.25) is 0 Å². The second kappa shape index (κ2) is 7.30. The molecule has 1 aliphatic heterocycles. The lowest BCUT2D eigenvalue weighted by molar-refractivity contribution is 0.415. The van der Waals surface area contributed by atoms with E-state index < -0.39 is 0 Å². The van der Waals surface area contributed by atoms with Crippen molar-refractivity contribution in [2.75, 3.05) is 7.11 Å². The Bertz CT molecular complexity index is 1430. The van der Waals surface area contributed by atoms with Crippen LogP contribution in [-0.4, -0.2) is 36.6 Å². The van der Waals surface area contributed by atoms with Crippen LogP contribution in [0.5, 0.6) is 5.75 Å². The first kappa shape index (κ1) is 18.7. The SMILES string of the molecule is COc1ccc(-c2cc(-c3nnc4n3CCC4)c3c(C)nn(-c4ccccc4)c3n2)cc1. The van der Waals surface area contributed by atoms with E-state index in [4.69, 9.17) is 14.8 Å². The molecule has 0 aliphatic carbocycles. The molecule has 3 aromatic heterocycles. The molecule has 0 radical (unpaired) electrons. The van der Waals surface area contributed by atoms with Crippen molar-refractivity contribution in [1.29, 1.82) is 0 Å². The van der Waals surface area contributed by atoms with Gasteiger partial charge >= 0.3 is 0 Å². The molecular formula is C25H22N6O. The van der Waals surface area contributed by atoms with Crippen molar-refractivity contribution in [3.8, 4) is 34.1 Å². The Labute approximate surface area is 185 Å². The summed E-state index contributed by atoms with van der Waals surface area (Å²) in [7, 11) is 1.67. The maximum absolute atomic E-state index is 5.33. The lowest BCUT2D eigenvalue weighted by atomic mass is 10.0. The van der Waals surface area contributed by atoms with E-state index in [9.17, 15) is 0 Å². The minimum Gasteiger partial charge on any atom is -0.497 e. The van der Waals surface area contributed by atoms with Crippen molar-refractivity contribution in [2.24, 2.45) is 0 Å². The highest BCUT2D eigenvalue weighted by Crippen LogP contribution is 2.35. The van der Waals surface area contributed by atoms with Crippen LogP contribution in [0.25, 0.3) is 39.4 Å². The molecule has 5 aromatic rings. The number of aromatic nitrogens is 6. The summed E-state index contributed by atoms with van der Waals surface area (Å²) in [4.78, 5) is 5.06. The van der Waals surface area contributed by atoms with Crippen LogP contribution >= 0.6 is 0 Å². The predicted molar refractivity (Wildman–Crippen MR) is 123 cm³/mol. The van der Waals surface area contributed by atoms with Gasteiger partial charge in [-0.2, -0.15) is 5.10 Å². The number of fused-ring (bicyclic) bond motifs is 2. The Balaban J connectivity index is 1.65. The monoisotopic (exact) mass is 422 g/mol. The molecule has 158 valence electrons. The number of nitrogens with zero attached hydrogens (tertiary/aromatic N) is 6. The zero-order valence-corrected chi connectivity index (χ0v) is 18.0. The second-order valence-electron chi connectivity index (χ2n) is 8.01. The summed E-state index contributed by atoms with van der Waals surface area (Å²) in [6, 6.07) is 20.2. The first-order valence-electron chi connectivity index (χ1n) is 10.8. The summed E-state index contributed by atoms with van der Waals surface area (Å²) in [5, 5.41) is 14.9. The van der Waals surface area contributed by atoms with Crippen LogP contribution in [0, 0.1) is 6.92 Å². The second-order valence-corrected chi connectivity index (χ2v) is 8.01. The Morgan fingerprint density at radius 2 is 1.78 bits per heavy atom. The maximum Gasteiger partial charge on any atom is 0.164 e. The fourth-order valence-corrected chi connectivity index (χ4v) is 4.47. The summed E-state index contributed by atoms with van der Waals surface area (Å²) in [5.41, 5.74) is 5.59.